The molecule has 0 saturated carbocycles. The lowest BCUT2D eigenvalue weighted by Gasteiger charge is -2.12. The molecule has 2 atom stereocenters. The molecule has 1 fully saturated rings. The smallest absolute Gasteiger partial charge is 0.296 e. The monoisotopic (exact) mass is 280 g/mol. The summed E-state index contributed by atoms with van der Waals surface area (Å²) in [5, 5.41) is 0. The minimum atomic E-state index is -1.31. The maximum atomic E-state index is 12.9. The second-order valence-corrected chi connectivity index (χ2v) is 5.30. The number of epoxide rings is 1. The number of rotatable bonds is 3. The molecule has 1 heterocycles. The number of aryl methyl sites for hydroxylation is 1. The number of benzene rings is 2. The maximum Gasteiger partial charge on any atom is 0.296 e. The molecule has 1 aliphatic carbocycles. The van der Waals surface area contributed by atoms with E-state index in [-0.39, 0.29) is 5.78 Å². The number of hydrogen-bond donors (Lipinski definition) is 0. The van der Waals surface area contributed by atoms with E-state index in [1.54, 1.807) is 24.3 Å². The first kappa shape index (κ1) is 12.3. The van der Waals surface area contributed by atoms with Crippen LogP contribution in [0.3, 0.4) is 0 Å². The van der Waals surface area contributed by atoms with Gasteiger partial charge in [0.2, 0.25) is 11.4 Å². The van der Waals surface area contributed by atoms with Crippen LogP contribution in [0.25, 0.3) is 0 Å². The van der Waals surface area contributed by atoms with Crippen molar-refractivity contribution < 1.29 is 19.1 Å². The molecule has 0 radical (unpaired) electrons. The van der Waals surface area contributed by atoms with Gasteiger partial charge in [-0.05, 0) is 12.5 Å². The third kappa shape index (κ3) is 1.24. The maximum absolute atomic E-state index is 12.9. The topological polar surface area (TPSA) is 55.9 Å². The fourth-order valence-corrected chi connectivity index (χ4v) is 3.35. The number of ketones is 1. The van der Waals surface area contributed by atoms with Gasteiger partial charge in [0.1, 0.15) is 0 Å². The minimum Gasteiger partial charge on any atom is -0.426 e. The molecule has 4 nitrogen and oxygen atoms in total. The van der Waals surface area contributed by atoms with Crippen LogP contribution < -0.4 is 0 Å². The Morgan fingerprint density at radius 3 is 2.43 bits per heavy atom. The van der Waals surface area contributed by atoms with Gasteiger partial charge in [0, 0.05) is 16.7 Å². The Kier molecular flexibility index (Phi) is 2.22. The van der Waals surface area contributed by atoms with Crippen molar-refractivity contribution in [3.05, 3.63) is 70.8 Å². The van der Waals surface area contributed by atoms with Crippen molar-refractivity contribution >= 4 is 12.3 Å². The summed E-state index contributed by atoms with van der Waals surface area (Å²) in [5.74, 6) is -1.47. The van der Waals surface area contributed by atoms with Gasteiger partial charge in [-0.15, -0.1) is 0 Å². The van der Waals surface area contributed by atoms with Crippen molar-refractivity contribution in [2.24, 2.45) is 0 Å². The van der Waals surface area contributed by atoms with E-state index in [2.05, 4.69) is 0 Å². The number of fused-ring (bicyclic) bond motifs is 3. The van der Waals surface area contributed by atoms with E-state index in [1.165, 1.54) is 0 Å². The van der Waals surface area contributed by atoms with Crippen LogP contribution in [0, 0.1) is 6.92 Å². The molecule has 2 aliphatic rings. The van der Waals surface area contributed by atoms with Gasteiger partial charge in [0.25, 0.3) is 12.3 Å². The molecule has 2 aromatic rings. The Morgan fingerprint density at radius 2 is 1.71 bits per heavy atom. The Hall–Kier alpha value is -2.46. The summed E-state index contributed by atoms with van der Waals surface area (Å²) in [6.07, 6.45) is 0. The van der Waals surface area contributed by atoms with Crippen molar-refractivity contribution in [3.63, 3.8) is 0 Å². The highest BCUT2D eigenvalue weighted by Crippen LogP contribution is 2.69. The highest BCUT2D eigenvalue weighted by Gasteiger charge is 2.84. The molecule has 2 aromatic carbocycles. The molecule has 0 unspecified atom stereocenters. The average Bonchev–Trinajstić information content (AvgIpc) is 3.13. The standard InChI is InChI=1S/C17H12O4/c1-11-6-2-4-8-13(11)16-15(19)12-7-3-5-9-14(12)17(16,21-16)20-10-18/h2-10H,1H3/t16-,17+/m1/s1. The SMILES string of the molecule is Cc1ccccc1[C@]12O[C@@]1(OC=O)c1ccccc1C2=O. The van der Waals surface area contributed by atoms with Gasteiger partial charge in [0.05, 0.1) is 0 Å². The zero-order valence-electron chi connectivity index (χ0n) is 11.3. The third-order valence-corrected chi connectivity index (χ3v) is 4.30. The summed E-state index contributed by atoms with van der Waals surface area (Å²) in [5.41, 5.74) is 1.60. The van der Waals surface area contributed by atoms with Crippen LogP contribution in [0.5, 0.6) is 0 Å². The molecule has 0 aromatic heterocycles. The molecule has 4 heteroatoms. The second-order valence-electron chi connectivity index (χ2n) is 5.30. The largest absolute Gasteiger partial charge is 0.426 e. The van der Waals surface area contributed by atoms with E-state index in [4.69, 9.17) is 9.47 Å². The summed E-state index contributed by atoms with van der Waals surface area (Å²) in [7, 11) is 0. The van der Waals surface area contributed by atoms with Crippen LogP contribution in [0.15, 0.2) is 48.5 Å². The van der Waals surface area contributed by atoms with Crippen molar-refractivity contribution in [1.82, 2.24) is 0 Å². The normalized spacial score (nSPS) is 28.7. The Labute approximate surface area is 121 Å². The predicted octanol–water partition coefficient (Wildman–Crippen LogP) is 2.44. The van der Waals surface area contributed by atoms with Crippen molar-refractivity contribution in [3.8, 4) is 0 Å². The summed E-state index contributed by atoms with van der Waals surface area (Å²) >= 11 is 0. The molecule has 0 amide bonds. The Morgan fingerprint density at radius 1 is 1.05 bits per heavy atom. The third-order valence-electron chi connectivity index (χ3n) is 4.30. The summed E-state index contributed by atoms with van der Waals surface area (Å²) in [4.78, 5) is 23.8. The van der Waals surface area contributed by atoms with Gasteiger partial charge in [-0.3, -0.25) is 9.59 Å². The zero-order chi connectivity index (χ0) is 14.7. The molecule has 21 heavy (non-hydrogen) atoms. The van der Waals surface area contributed by atoms with Gasteiger partial charge < -0.3 is 9.47 Å². The number of carbonyl (C=O) groups excluding carboxylic acids is 2. The van der Waals surface area contributed by atoms with Crippen LogP contribution in [-0.2, 0) is 25.7 Å². The minimum absolute atomic E-state index is 0.158. The van der Waals surface area contributed by atoms with E-state index in [0.29, 0.717) is 17.6 Å². The molecule has 1 aliphatic heterocycles. The Balaban J connectivity index is 1.99. The first-order valence-corrected chi connectivity index (χ1v) is 6.69. The number of hydrogen-bond acceptors (Lipinski definition) is 4. The summed E-state index contributed by atoms with van der Waals surface area (Å²) < 4.78 is 11.0. The van der Waals surface area contributed by atoms with Gasteiger partial charge in [-0.2, -0.15) is 0 Å². The van der Waals surface area contributed by atoms with Crippen LogP contribution in [0.1, 0.15) is 27.0 Å². The number of carbonyl (C=O) groups is 2. The van der Waals surface area contributed by atoms with Crippen LogP contribution in [0.4, 0.5) is 0 Å². The van der Waals surface area contributed by atoms with Crippen molar-refractivity contribution in [2.75, 3.05) is 0 Å². The molecule has 1 saturated heterocycles. The van der Waals surface area contributed by atoms with Crippen LogP contribution in [0.2, 0.25) is 0 Å². The van der Waals surface area contributed by atoms with Gasteiger partial charge >= 0.3 is 0 Å². The molecular formula is C17H12O4. The lowest BCUT2D eigenvalue weighted by molar-refractivity contribution is -0.143. The first-order chi connectivity index (χ1) is 10.2. The quantitative estimate of drug-likeness (QED) is 0.640. The summed E-state index contributed by atoms with van der Waals surface area (Å²) in [6, 6.07) is 14.6. The molecular weight excluding hydrogens is 268 g/mol. The molecule has 0 spiro atoms. The molecule has 4 rings (SSSR count). The fourth-order valence-electron chi connectivity index (χ4n) is 3.35. The molecule has 0 bridgehead atoms. The lowest BCUT2D eigenvalue weighted by atomic mass is 9.89. The average molecular weight is 280 g/mol. The fraction of sp³-hybridized carbons (Fsp3) is 0.176. The van der Waals surface area contributed by atoms with Crippen molar-refractivity contribution in [1.29, 1.82) is 0 Å². The van der Waals surface area contributed by atoms with Crippen LogP contribution in [-0.4, -0.2) is 12.3 Å². The highest BCUT2D eigenvalue weighted by atomic mass is 16.8. The number of Topliss-reactive ketones (excluding diaryl/α,β-unsaturated/α-hetero) is 1. The van der Waals surface area contributed by atoms with Gasteiger partial charge in [-0.1, -0.05) is 48.5 Å². The first-order valence-electron chi connectivity index (χ1n) is 6.69. The van der Waals surface area contributed by atoms with E-state index in [0.717, 1.165) is 11.1 Å². The highest BCUT2D eigenvalue weighted by molar-refractivity contribution is 6.11. The molecule has 104 valence electrons. The van der Waals surface area contributed by atoms with E-state index in [1.807, 2.05) is 31.2 Å². The second kappa shape index (κ2) is 3.80. The zero-order valence-corrected chi connectivity index (χ0v) is 11.3. The van der Waals surface area contributed by atoms with Crippen molar-refractivity contribution in [2.45, 2.75) is 18.3 Å². The van der Waals surface area contributed by atoms with E-state index < -0.39 is 11.4 Å². The summed E-state index contributed by atoms with van der Waals surface area (Å²) in [6.45, 7) is 2.25. The lowest BCUT2D eigenvalue weighted by Crippen LogP contribution is -2.26. The van der Waals surface area contributed by atoms with Crippen LogP contribution >= 0.6 is 0 Å². The van der Waals surface area contributed by atoms with Gasteiger partial charge in [-0.25, -0.2) is 0 Å². The van der Waals surface area contributed by atoms with Gasteiger partial charge in [0.15, 0.2) is 0 Å². The van der Waals surface area contributed by atoms with E-state index >= 15 is 0 Å². The molecule has 0 N–H and O–H groups in total. The predicted molar refractivity (Wildman–Crippen MR) is 73.5 cm³/mol. The Bertz CT molecular complexity index is 782. The number of ether oxygens (including phenoxy) is 2. The van der Waals surface area contributed by atoms with E-state index in [9.17, 15) is 9.59 Å².